The number of hydrogen-bond donors (Lipinski definition) is 2. The third-order valence-corrected chi connectivity index (χ3v) is 4.33. The molecule has 0 spiro atoms. The van der Waals surface area contributed by atoms with Gasteiger partial charge in [0.2, 0.25) is 0 Å². The van der Waals surface area contributed by atoms with Gasteiger partial charge in [-0.15, -0.1) is 0 Å². The largest absolute Gasteiger partial charge is 0.478 e. The lowest BCUT2D eigenvalue weighted by atomic mass is 10.1. The van der Waals surface area contributed by atoms with E-state index in [9.17, 15) is 9.90 Å². The molecule has 3 aromatic heterocycles. The lowest BCUT2D eigenvalue weighted by Gasteiger charge is -1.99. The van der Waals surface area contributed by atoms with Crippen LogP contribution in [0.25, 0.3) is 33.2 Å². The summed E-state index contributed by atoms with van der Waals surface area (Å²) in [5.41, 5.74) is 3.70. The maximum Gasteiger partial charge on any atom is 0.335 e. The van der Waals surface area contributed by atoms with Crippen LogP contribution in [-0.4, -0.2) is 25.6 Å². The van der Waals surface area contributed by atoms with Crippen molar-refractivity contribution in [3.05, 3.63) is 53.3 Å². The van der Waals surface area contributed by atoms with Crippen LogP contribution in [0.2, 0.25) is 5.02 Å². The minimum absolute atomic E-state index is 0.261. The SMILES string of the molecule is Cn1cc(-c2cc3c(Cl)ccnc3[nH]2)c2cc(C(=O)O)ccc21. The van der Waals surface area contributed by atoms with Crippen LogP contribution in [0.4, 0.5) is 0 Å². The Morgan fingerprint density at radius 2 is 2.09 bits per heavy atom. The lowest BCUT2D eigenvalue weighted by molar-refractivity contribution is 0.0697. The number of aromatic nitrogens is 3. The van der Waals surface area contributed by atoms with Crippen molar-refractivity contribution < 1.29 is 9.90 Å². The fraction of sp³-hybridized carbons (Fsp3) is 0.0588. The van der Waals surface area contributed by atoms with E-state index in [4.69, 9.17) is 11.6 Å². The maximum absolute atomic E-state index is 11.2. The molecule has 0 radical (unpaired) electrons. The van der Waals surface area contributed by atoms with Crippen LogP contribution < -0.4 is 0 Å². The van der Waals surface area contributed by atoms with Gasteiger partial charge in [0.05, 0.1) is 10.6 Å². The smallest absolute Gasteiger partial charge is 0.335 e. The lowest BCUT2D eigenvalue weighted by Crippen LogP contribution is -1.95. The van der Waals surface area contributed by atoms with E-state index in [0.717, 1.165) is 27.5 Å². The van der Waals surface area contributed by atoms with E-state index in [1.54, 1.807) is 24.4 Å². The number of carbonyl (C=O) groups is 1. The van der Waals surface area contributed by atoms with Crippen molar-refractivity contribution >= 4 is 39.5 Å². The normalized spacial score (nSPS) is 11.4. The number of pyridine rings is 1. The van der Waals surface area contributed by atoms with E-state index in [1.807, 2.05) is 29.9 Å². The van der Waals surface area contributed by atoms with Gasteiger partial charge in [-0.25, -0.2) is 9.78 Å². The first-order valence-corrected chi connectivity index (χ1v) is 7.38. The third kappa shape index (κ3) is 2.09. The zero-order chi connectivity index (χ0) is 16.1. The standard InChI is InChI=1S/C17H12ClN3O2/c1-21-8-12(10-6-9(17(22)23)2-3-15(10)21)14-7-11-13(18)4-5-19-16(11)20-14/h2-8H,1H3,(H,19,20)(H,22,23). The first-order valence-electron chi connectivity index (χ1n) is 7.00. The molecule has 0 saturated heterocycles. The number of nitrogens with zero attached hydrogens (tertiary/aromatic N) is 2. The minimum Gasteiger partial charge on any atom is -0.478 e. The second-order valence-corrected chi connectivity index (χ2v) is 5.84. The molecule has 114 valence electrons. The Labute approximate surface area is 136 Å². The van der Waals surface area contributed by atoms with Crippen molar-refractivity contribution in [3.63, 3.8) is 0 Å². The van der Waals surface area contributed by atoms with Gasteiger partial charge in [-0.1, -0.05) is 11.6 Å². The molecular weight excluding hydrogens is 314 g/mol. The zero-order valence-corrected chi connectivity index (χ0v) is 12.9. The number of hydrogen-bond acceptors (Lipinski definition) is 2. The molecular formula is C17H12ClN3O2. The molecule has 6 heteroatoms. The van der Waals surface area contributed by atoms with Gasteiger partial charge in [-0.05, 0) is 30.3 Å². The van der Waals surface area contributed by atoms with Gasteiger partial charge in [0.1, 0.15) is 5.65 Å². The molecule has 0 unspecified atom stereocenters. The molecule has 4 rings (SSSR count). The number of aryl methyl sites for hydroxylation is 1. The molecule has 0 aliphatic carbocycles. The second-order valence-electron chi connectivity index (χ2n) is 5.43. The maximum atomic E-state index is 11.2. The summed E-state index contributed by atoms with van der Waals surface area (Å²) in [6.45, 7) is 0. The van der Waals surface area contributed by atoms with Gasteiger partial charge >= 0.3 is 5.97 Å². The molecule has 0 saturated carbocycles. The topological polar surface area (TPSA) is 70.9 Å². The number of halogens is 1. The van der Waals surface area contributed by atoms with Gasteiger partial charge in [0.25, 0.3) is 0 Å². The quantitative estimate of drug-likeness (QED) is 0.583. The van der Waals surface area contributed by atoms with Crippen molar-refractivity contribution in [2.45, 2.75) is 0 Å². The summed E-state index contributed by atoms with van der Waals surface area (Å²) in [6, 6.07) is 8.79. The first kappa shape index (κ1) is 13.8. The molecule has 0 amide bonds. The Morgan fingerprint density at radius 1 is 1.26 bits per heavy atom. The van der Waals surface area contributed by atoms with Crippen molar-refractivity contribution in [1.82, 2.24) is 14.5 Å². The fourth-order valence-corrected chi connectivity index (χ4v) is 3.08. The van der Waals surface area contributed by atoms with Crippen LogP contribution in [0.5, 0.6) is 0 Å². The average molecular weight is 326 g/mol. The predicted molar refractivity (Wildman–Crippen MR) is 90.0 cm³/mol. The number of carboxylic acids is 1. The summed E-state index contributed by atoms with van der Waals surface area (Å²) in [6.07, 6.45) is 3.62. The van der Waals surface area contributed by atoms with Crippen molar-refractivity contribution in [1.29, 1.82) is 0 Å². The van der Waals surface area contributed by atoms with Crippen LogP contribution >= 0.6 is 11.6 Å². The van der Waals surface area contributed by atoms with E-state index in [-0.39, 0.29) is 5.56 Å². The number of aromatic amines is 1. The van der Waals surface area contributed by atoms with E-state index in [2.05, 4.69) is 9.97 Å². The Hall–Kier alpha value is -2.79. The number of benzene rings is 1. The van der Waals surface area contributed by atoms with Gasteiger partial charge in [-0.3, -0.25) is 0 Å². The summed E-state index contributed by atoms with van der Waals surface area (Å²) >= 11 is 6.21. The Kier molecular flexibility index (Phi) is 2.92. The van der Waals surface area contributed by atoms with E-state index in [0.29, 0.717) is 10.7 Å². The van der Waals surface area contributed by atoms with E-state index in [1.165, 1.54) is 0 Å². The van der Waals surface area contributed by atoms with Crippen molar-refractivity contribution in [2.24, 2.45) is 7.05 Å². The van der Waals surface area contributed by atoms with Gasteiger partial charge < -0.3 is 14.7 Å². The van der Waals surface area contributed by atoms with Crippen LogP contribution in [0.15, 0.2) is 42.7 Å². The van der Waals surface area contributed by atoms with Crippen LogP contribution in [0.1, 0.15) is 10.4 Å². The molecule has 0 aliphatic heterocycles. The van der Waals surface area contributed by atoms with Crippen molar-refractivity contribution in [3.8, 4) is 11.3 Å². The highest BCUT2D eigenvalue weighted by Gasteiger charge is 2.14. The Morgan fingerprint density at radius 3 is 2.83 bits per heavy atom. The molecule has 1 aromatic carbocycles. The molecule has 0 fully saturated rings. The Bertz CT molecular complexity index is 1080. The van der Waals surface area contributed by atoms with Crippen LogP contribution in [-0.2, 0) is 7.05 Å². The second kappa shape index (κ2) is 4.86. The number of H-pyrrole nitrogens is 1. The number of aromatic carboxylic acids is 1. The summed E-state index contributed by atoms with van der Waals surface area (Å²) in [7, 11) is 1.93. The summed E-state index contributed by atoms with van der Waals surface area (Å²) in [5, 5.41) is 11.6. The molecule has 0 aliphatic rings. The first-order chi connectivity index (χ1) is 11.0. The molecule has 0 bridgehead atoms. The number of rotatable bonds is 2. The highest BCUT2D eigenvalue weighted by Crippen LogP contribution is 2.33. The van der Waals surface area contributed by atoms with Crippen LogP contribution in [0.3, 0.4) is 0 Å². The summed E-state index contributed by atoms with van der Waals surface area (Å²) < 4.78 is 1.97. The Balaban J connectivity index is 2.01. The third-order valence-electron chi connectivity index (χ3n) is 4.01. The van der Waals surface area contributed by atoms with Gasteiger partial charge in [0, 0.05) is 47.0 Å². The van der Waals surface area contributed by atoms with E-state index < -0.39 is 5.97 Å². The fourth-order valence-electron chi connectivity index (χ4n) is 2.88. The number of fused-ring (bicyclic) bond motifs is 2. The molecule has 2 N–H and O–H groups in total. The molecule has 4 aromatic rings. The predicted octanol–water partition coefficient (Wildman–Crippen LogP) is 4.07. The minimum atomic E-state index is -0.942. The number of nitrogens with one attached hydrogen (secondary N) is 1. The van der Waals surface area contributed by atoms with E-state index >= 15 is 0 Å². The molecule has 23 heavy (non-hydrogen) atoms. The van der Waals surface area contributed by atoms with Gasteiger partial charge in [0.15, 0.2) is 0 Å². The molecule has 5 nitrogen and oxygen atoms in total. The van der Waals surface area contributed by atoms with Gasteiger partial charge in [-0.2, -0.15) is 0 Å². The average Bonchev–Trinajstić information content (AvgIpc) is 3.09. The van der Waals surface area contributed by atoms with Crippen LogP contribution in [0, 0.1) is 0 Å². The molecule has 3 heterocycles. The highest BCUT2D eigenvalue weighted by molar-refractivity contribution is 6.35. The number of carboxylic acid groups (broad SMARTS) is 1. The zero-order valence-electron chi connectivity index (χ0n) is 12.2. The summed E-state index contributed by atoms with van der Waals surface area (Å²) in [5.74, 6) is -0.942. The monoisotopic (exact) mass is 325 g/mol. The van der Waals surface area contributed by atoms with Crippen molar-refractivity contribution in [2.75, 3.05) is 0 Å². The highest BCUT2D eigenvalue weighted by atomic mass is 35.5. The molecule has 0 atom stereocenters. The summed E-state index contributed by atoms with van der Waals surface area (Å²) in [4.78, 5) is 18.8.